The van der Waals surface area contributed by atoms with E-state index in [4.69, 9.17) is 4.74 Å². The fourth-order valence-electron chi connectivity index (χ4n) is 2.71. The van der Waals surface area contributed by atoms with Crippen LogP contribution in [0.2, 0.25) is 0 Å². The number of ether oxygens (including phenoxy) is 1. The molecule has 2 atom stereocenters. The number of amides is 1. The van der Waals surface area contributed by atoms with Crippen LogP contribution in [0.25, 0.3) is 0 Å². The third kappa shape index (κ3) is 4.04. The SMILES string of the molecule is COC(=O)C1CCCN1CC(=O)NC(C)c1ccccc1. The van der Waals surface area contributed by atoms with Crippen LogP contribution in [0.15, 0.2) is 30.3 Å². The summed E-state index contributed by atoms with van der Waals surface area (Å²) in [4.78, 5) is 25.7. The number of nitrogens with one attached hydrogen (secondary N) is 1. The number of hydrogen-bond acceptors (Lipinski definition) is 4. The molecule has 1 aromatic carbocycles. The maximum absolute atomic E-state index is 12.1. The molecule has 1 fully saturated rings. The zero-order valence-electron chi connectivity index (χ0n) is 12.5. The van der Waals surface area contributed by atoms with Gasteiger partial charge in [-0.2, -0.15) is 0 Å². The van der Waals surface area contributed by atoms with Gasteiger partial charge in [-0.05, 0) is 31.9 Å². The summed E-state index contributed by atoms with van der Waals surface area (Å²) >= 11 is 0. The molecule has 5 nitrogen and oxygen atoms in total. The lowest BCUT2D eigenvalue weighted by atomic mass is 10.1. The molecule has 0 aromatic heterocycles. The minimum atomic E-state index is -0.284. The van der Waals surface area contributed by atoms with Gasteiger partial charge in [-0.25, -0.2) is 0 Å². The number of methoxy groups -OCH3 is 1. The van der Waals surface area contributed by atoms with Gasteiger partial charge < -0.3 is 10.1 Å². The van der Waals surface area contributed by atoms with Crippen LogP contribution >= 0.6 is 0 Å². The molecule has 1 heterocycles. The first kappa shape index (κ1) is 15.5. The lowest BCUT2D eigenvalue weighted by molar-refractivity contribution is -0.146. The molecular weight excluding hydrogens is 268 g/mol. The van der Waals surface area contributed by atoms with E-state index in [1.807, 2.05) is 42.2 Å². The number of benzene rings is 1. The normalized spacial score (nSPS) is 20.0. The Bertz CT molecular complexity index is 490. The van der Waals surface area contributed by atoms with Crippen molar-refractivity contribution >= 4 is 11.9 Å². The van der Waals surface area contributed by atoms with E-state index in [0.717, 1.165) is 24.9 Å². The van der Waals surface area contributed by atoms with Crippen molar-refractivity contribution in [3.05, 3.63) is 35.9 Å². The molecule has 1 amide bonds. The monoisotopic (exact) mass is 290 g/mol. The summed E-state index contributed by atoms with van der Waals surface area (Å²) < 4.78 is 4.78. The average Bonchev–Trinajstić information content (AvgIpc) is 2.95. The first-order valence-electron chi connectivity index (χ1n) is 7.28. The quantitative estimate of drug-likeness (QED) is 0.835. The standard InChI is InChI=1S/C16H22N2O3/c1-12(13-7-4-3-5-8-13)17-15(19)11-18-10-6-9-14(18)16(20)21-2/h3-5,7-8,12,14H,6,9-11H2,1-2H3,(H,17,19). The van der Waals surface area contributed by atoms with Crippen molar-refractivity contribution < 1.29 is 14.3 Å². The van der Waals surface area contributed by atoms with Crippen LogP contribution in [0.5, 0.6) is 0 Å². The van der Waals surface area contributed by atoms with Crippen molar-refractivity contribution in [3.63, 3.8) is 0 Å². The molecule has 2 rings (SSSR count). The molecule has 5 heteroatoms. The number of carbonyl (C=O) groups is 2. The predicted molar refractivity (Wildman–Crippen MR) is 79.6 cm³/mol. The Kier molecular flexibility index (Phi) is 5.33. The van der Waals surface area contributed by atoms with Crippen LogP contribution in [-0.4, -0.2) is 43.0 Å². The summed E-state index contributed by atoms with van der Waals surface area (Å²) in [5.74, 6) is -0.321. The Morgan fingerprint density at radius 2 is 2.10 bits per heavy atom. The topological polar surface area (TPSA) is 58.6 Å². The molecule has 0 bridgehead atoms. The average molecular weight is 290 g/mol. The van der Waals surface area contributed by atoms with Gasteiger partial charge in [0.25, 0.3) is 0 Å². The van der Waals surface area contributed by atoms with E-state index in [2.05, 4.69) is 5.32 Å². The van der Waals surface area contributed by atoms with Crippen LogP contribution in [0, 0.1) is 0 Å². The Morgan fingerprint density at radius 1 is 1.38 bits per heavy atom. The van der Waals surface area contributed by atoms with E-state index in [0.29, 0.717) is 0 Å². The predicted octanol–water partition coefficient (Wildman–Crippen LogP) is 1.50. The second-order valence-corrected chi connectivity index (χ2v) is 5.35. The number of likely N-dealkylation sites (tertiary alicyclic amines) is 1. The first-order chi connectivity index (χ1) is 10.1. The van der Waals surface area contributed by atoms with E-state index in [1.165, 1.54) is 7.11 Å². The lowest BCUT2D eigenvalue weighted by Crippen LogP contribution is -2.43. The molecule has 0 aliphatic carbocycles. The molecule has 0 spiro atoms. The highest BCUT2D eigenvalue weighted by atomic mass is 16.5. The van der Waals surface area contributed by atoms with Gasteiger partial charge in [-0.1, -0.05) is 30.3 Å². The van der Waals surface area contributed by atoms with Crippen molar-refractivity contribution in [3.8, 4) is 0 Å². The van der Waals surface area contributed by atoms with E-state index >= 15 is 0 Å². The molecule has 1 saturated heterocycles. The molecule has 1 aliphatic rings. The highest BCUT2D eigenvalue weighted by molar-refractivity contribution is 5.81. The van der Waals surface area contributed by atoms with Gasteiger partial charge in [0.15, 0.2) is 0 Å². The number of esters is 1. The molecular formula is C16H22N2O3. The Labute approximate surface area is 125 Å². The zero-order valence-corrected chi connectivity index (χ0v) is 12.5. The third-order valence-corrected chi connectivity index (χ3v) is 3.86. The number of nitrogens with zero attached hydrogens (tertiary/aromatic N) is 1. The molecule has 0 saturated carbocycles. The fourth-order valence-corrected chi connectivity index (χ4v) is 2.71. The summed E-state index contributed by atoms with van der Waals surface area (Å²) in [6.07, 6.45) is 1.68. The van der Waals surface area contributed by atoms with Crippen LogP contribution in [0.3, 0.4) is 0 Å². The van der Waals surface area contributed by atoms with Gasteiger partial charge in [0.1, 0.15) is 6.04 Å². The number of hydrogen-bond donors (Lipinski definition) is 1. The second-order valence-electron chi connectivity index (χ2n) is 5.35. The fraction of sp³-hybridized carbons (Fsp3) is 0.500. The third-order valence-electron chi connectivity index (χ3n) is 3.86. The largest absolute Gasteiger partial charge is 0.468 e. The van der Waals surface area contributed by atoms with Crippen molar-refractivity contribution in [1.29, 1.82) is 0 Å². The van der Waals surface area contributed by atoms with E-state index in [9.17, 15) is 9.59 Å². The minimum Gasteiger partial charge on any atom is -0.468 e. The van der Waals surface area contributed by atoms with E-state index < -0.39 is 0 Å². The van der Waals surface area contributed by atoms with Crippen molar-refractivity contribution in [1.82, 2.24) is 10.2 Å². The van der Waals surface area contributed by atoms with Crippen LogP contribution < -0.4 is 5.32 Å². The van der Waals surface area contributed by atoms with Crippen LogP contribution in [0.4, 0.5) is 0 Å². The van der Waals surface area contributed by atoms with Crippen molar-refractivity contribution in [2.24, 2.45) is 0 Å². The highest BCUT2D eigenvalue weighted by Crippen LogP contribution is 2.18. The molecule has 114 valence electrons. The summed E-state index contributed by atoms with van der Waals surface area (Å²) in [6.45, 7) is 2.94. The Hall–Kier alpha value is -1.88. The van der Waals surface area contributed by atoms with E-state index in [1.54, 1.807) is 0 Å². The van der Waals surface area contributed by atoms with E-state index in [-0.39, 0.29) is 30.5 Å². The van der Waals surface area contributed by atoms with Gasteiger partial charge >= 0.3 is 5.97 Å². The summed E-state index contributed by atoms with van der Waals surface area (Å²) in [5.41, 5.74) is 1.07. The lowest BCUT2D eigenvalue weighted by Gasteiger charge is -2.23. The Morgan fingerprint density at radius 3 is 2.76 bits per heavy atom. The van der Waals surface area contributed by atoms with Gasteiger partial charge in [-0.15, -0.1) is 0 Å². The van der Waals surface area contributed by atoms with Gasteiger partial charge in [0.2, 0.25) is 5.91 Å². The van der Waals surface area contributed by atoms with Gasteiger partial charge in [-0.3, -0.25) is 14.5 Å². The second kappa shape index (κ2) is 7.22. The first-order valence-corrected chi connectivity index (χ1v) is 7.28. The minimum absolute atomic E-state index is 0.0436. The summed E-state index contributed by atoms with van der Waals surface area (Å²) in [7, 11) is 1.39. The van der Waals surface area contributed by atoms with Crippen molar-refractivity contribution in [2.45, 2.75) is 31.8 Å². The molecule has 21 heavy (non-hydrogen) atoms. The number of carbonyl (C=O) groups excluding carboxylic acids is 2. The van der Waals surface area contributed by atoms with Crippen LogP contribution in [0.1, 0.15) is 31.4 Å². The van der Waals surface area contributed by atoms with Gasteiger partial charge in [0, 0.05) is 0 Å². The summed E-state index contributed by atoms with van der Waals surface area (Å²) in [5, 5.41) is 2.97. The molecule has 1 N–H and O–H groups in total. The number of rotatable bonds is 5. The maximum Gasteiger partial charge on any atom is 0.323 e. The van der Waals surface area contributed by atoms with Gasteiger partial charge in [0.05, 0.1) is 19.7 Å². The molecule has 0 radical (unpaired) electrons. The smallest absolute Gasteiger partial charge is 0.323 e. The molecule has 1 aliphatic heterocycles. The Balaban J connectivity index is 1.88. The highest BCUT2D eigenvalue weighted by Gasteiger charge is 2.32. The summed E-state index contributed by atoms with van der Waals surface area (Å²) in [6, 6.07) is 9.49. The van der Waals surface area contributed by atoms with Crippen LogP contribution in [-0.2, 0) is 14.3 Å². The zero-order chi connectivity index (χ0) is 15.2. The molecule has 1 aromatic rings. The maximum atomic E-state index is 12.1. The molecule has 2 unspecified atom stereocenters. The van der Waals surface area contributed by atoms with Crippen molar-refractivity contribution in [2.75, 3.05) is 20.2 Å².